The number of primary amides is 1. The lowest BCUT2D eigenvalue weighted by Crippen LogP contribution is -2.13. The Morgan fingerprint density at radius 2 is 2.06 bits per heavy atom. The number of nitrogen functional groups attached to an aromatic ring is 1. The van der Waals surface area contributed by atoms with Crippen LogP contribution in [0.15, 0.2) is 30.5 Å². The van der Waals surface area contributed by atoms with E-state index >= 15 is 0 Å². The van der Waals surface area contributed by atoms with E-state index in [-0.39, 0.29) is 11.4 Å². The molecule has 0 saturated heterocycles. The van der Waals surface area contributed by atoms with Gasteiger partial charge in [-0.2, -0.15) is 5.10 Å². The number of anilines is 1. The molecule has 0 spiro atoms. The molecule has 0 atom stereocenters. The monoisotopic (exact) mass is 246 g/mol. The summed E-state index contributed by atoms with van der Waals surface area (Å²) in [7, 11) is 0. The Bertz CT molecular complexity index is 560. The second kappa shape index (κ2) is 4.79. The average molecular weight is 246 g/mol. The predicted molar refractivity (Wildman–Crippen MR) is 67.7 cm³/mol. The number of ether oxygens (including phenoxy) is 1. The summed E-state index contributed by atoms with van der Waals surface area (Å²) in [6, 6.07) is 7.23. The molecule has 0 radical (unpaired) electrons. The van der Waals surface area contributed by atoms with Crippen LogP contribution in [0.4, 0.5) is 5.82 Å². The highest BCUT2D eigenvalue weighted by molar-refractivity contribution is 5.97. The quantitative estimate of drug-likeness (QED) is 0.839. The van der Waals surface area contributed by atoms with Gasteiger partial charge in [-0.15, -0.1) is 0 Å². The van der Waals surface area contributed by atoms with Crippen molar-refractivity contribution in [2.45, 2.75) is 6.92 Å². The molecule has 2 rings (SSSR count). The molecule has 94 valence electrons. The van der Waals surface area contributed by atoms with E-state index in [4.69, 9.17) is 16.2 Å². The zero-order valence-corrected chi connectivity index (χ0v) is 9.96. The molecule has 1 amide bonds. The predicted octanol–water partition coefficient (Wildman–Crippen LogP) is 0.952. The molecule has 1 aromatic heterocycles. The fraction of sp³-hybridized carbons (Fsp3) is 0.167. The minimum atomic E-state index is -0.593. The van der Waals surface area contributed by atoms with E-state index in [9.17, 15) is 4.79 Å². The van der Waals surface area contributed by atoms with Crippen LogP contribution >= 0.6 is 0 Å². The van der Waals surface area contributed by atoms with Gasteiger partial charge in [0.2, 0.25) is 0 Å². The first-order chi connectivity index (χ1) is 8.63. The van der Waals surface area contributed by atoms with E-state index in [1.165, 1.54) is 10.9 Å². The van der Waals surface area contributed by atoms with Gasteiger partial charge in [-0.25, -0.2) is 4.68 Å². The zero-order chi connectivity index (χ0) is 13.1. The SMILES string of the molecule is CCOc1ccc(-n2ncc(C(N)=O)c2N)cc1. The molecule has 1 aromatic carbocycles. The second-order valence-corrected chi connectivity index (χ2v) is 3.65. The largest absolute Gasteiger partial charge is 0.494 e. The van der Waals surface area contributed by atoms with Crippen molar-refractivity contribution in [1.82, 2.24) is 9.78 Å². The van der Waals surface area contributed by atoms with E-state index in [1.807, 2.05) is 19.1 Å². The van der Waals surface area contributed by atoms with Gasteiger partial charge in [0.1, 0.15) is 17.1 Å². The Kier molecular flexibility index (Phi) is 3.18. The second-order valence-electron chi connectivity index (χ2n) is 3.65. The number of hydrogen-bond acceptors (Lipinski definition) is 4. The average Bonchev–Trinajstić information content (AvgIpc) is 2.73. The molecule has 0 unspecified atom stereocenters. The number of nitrogens with two attached hydrogens (primary N) is 2. The van der Waals surface area contributed by atoms with Gasteiger partial charge in [0.05, 0.1) is 18.5 Å². The van der Waals surface area contributed by atoms with Gasteiger partial charge in [0.25, 0.3) is 5.91 Å². The smallest absolute Gasteiger partial charge is 0.254 e. The third-order valence-electron chi connectivity index (χ3n) is 2.46. The molecule has 6 heteroatoms. The Hall–Kier alpha value is -2.50. The third-order valence-corrected chi connectivity index (χ3v) is 2.46. The highest BCUT2D eigenvalue weighted by atomic mass is 16.5. The number of rotatable bonds is 4. The standard InChI is InChI=1S/C12H14N4O2/c1-2-18-9-5-3-8(4-6-9)16-11(13)10(7-15-16)12(14)17/h3-7H,2,13H2,1H3,(H2,14,17). The highest BCUT2D eigenvalue weighted by Crippen LogP contribution is 2.19. The lowest BCUT2D eigenvalue weighted by molar-refractivity contribution is 0.100. The number of carbonyl (C=O) groups is 1. The minimum Gasteiger partial charge on any atom is -0.494 e. The molecule has 0 aliphatic heterocycles. The maximum Gasteiger partial charge on any atom is 0.254 e. The Balaban J connectivity index is 2.34. The number of carbonyl (C=O) groups excluding carboxylic acids is 1. The van der Waals surface area contributed by atoms with Crippen LogP contribution in [0.5, 0.6) is 5.75 Å². The minimum absolute atomic E-state index is 0.212. The van der Waals surface area contributed by atoms with Crippen molar-refractivity contribution in [3.63, 3.8) is 0 Å². The summed E-state index contributed by atoms with van der Waals surface area (Å²) in [5.74, 6) is 0.401. The topological polar surface area (TPSA) is 96.2 Å². The summed E-state index contributed by atoms with van der Waals surface area (Å²) in [6.45, 7) is 2.52. The van der Waals surface area contributed by atoms with Gasteiger partial charge in [-0.3, -0.25) is 4.79 Å². The molecular formula is C12H14N4O2. The molecule has 0 fully saturated rings. The summed E-state index contributed by atoms with van der Waals surface area (Å²) < 4.78 is 6.79. The lowest BCUT2D eigenvalue weighted by atomic mass is 10.3. The Labute approximate surface area is 104 Å². The van der Waals surface area contributed by atoms with Crippen molar-refractivity contribution in [3.8, 4) is 11.4 Å². The molecule has 0 aliphatic rings. The zero-order valence-electron chi connectivity index (χ0n) is 9.96. The normalized spacial score (nSPS) is 10.3. The number of amides is 1. The first-order valence-electron chi connectivity index (χ1n) is 5.50. The van der Waals surface area contributed by atoms with Crippen LogP contribution in [0.2, 0.25) is 0 Å². The molecular weight excluding hydrogens is 232 g/mol. The van der Waals surface area contributed by atoms with Gasteiger partial charge < -0.3 is 16.2 Å². The third kappa shape index (κ3) is 2.13. The van der Waals surface area contributed by atoms with Gasteiger partial charge in [0, 0.05) is 0 Å². The van der Waals surface area contributed by atoms with Gasteiger partial charge >= 0.3 is 0 Å². The highest BCUT2D eigenvalue weighted by Gasteiger charge is 2.13. The van der Waals surface area contributed by atoms with Crippen molar-refractivity contribution in [2.24, 2.45) is 5.73 Å². The number of aromatic nitrogens is 2. The van der Waals surface area contributed by atoms with Crippen LogP contribution in [-0.2, 0) is 0 Å². The first kappa shape index (κ1) is 12.0. The molecule has 18 heavy (non-hydrogen) atoms. The molecule has 0 saturated carbocycles. The fourth-order valence-corrected chi connectivity index (χ4v) is 1.60. The molecule has 4 N–H and O–H groups in total. The van der Waals surface area contributed by atoms with Crippen LogP contribution in [0.3, 0.4) is 0 Å². The molecule has 2 aromatic rings. The van der Waals surface area contributed by atoms with Crippen LogP contribution in [0.25, 0.3) is 5.69 Å². The number of benzene rings is 1. The summed E-state index contributed by atoms with van der Waals surface area (Å²) in [6.07, 6.45) is 1.36. The van der Waals surface area contributed by atoms with E-state index < -0.39 is 5.91 Å². The molecule has 0 bridgehead atoms. The van der Waals surface area contributed by atoms with Gasteiger partial charge in [-0.1, -0.05) is 0 Å². The Morgan fingerprint density at radius 1 is 1.39 bits per heavy atom. The van der Waals surface area contributed by atoms with Gasteiger partial charge in [-0.05, 0) is 31.2 Å². The van der Waals surface area contributed by atoms with Crippen LogP contribution in [-0.4, -0.2) is 22.3 Å². The van der Waals surface area contributed by atoms with Crippen molar-refractivity contribution in [2.75, 3.05) is 12.3 Å². The van der Waals surface area contributed by atoms with Crippen LogP contribution < -0.4 is 16.2 Å². The molecule has 1 heterocycles. The van der Waals surface area contributed by atoms with Crippen molar-refractivity contribution in [1.29, 1.82) is 0 Å². The first-order valence-corrected chi connectivity index (χ1v) is 5.50. The van der Waals surface area contributed by atoms with Crippen molar-refractivity contribution in [3.05, 3.63) is 36.0 Å². The van der Waals surface area contributed by atoms with Crippen LogP contribution in [0.1, 0.15) is 17.3 Å². The maximum absolute atomic E-state index is 11.1. The summed E-state index contributed by atoms with van der Waals surface area (Å²) in [4.78, 5) is 11.1. The molecule has 0 aliphatic carbocycles. The van der Waals surface area contributed by atoms with E-state index in [1.54, 1.807) is 12.1 Å². The van der Waals surface area contributed by atoms with Crippen LogP contribution in [0, 0.1) is 0 Å². The van der Waals surface area contributed by atoms with Crippen molar-refractivity contribution < 1.29 is 9.53 Å². The summed E-state index contributed by atoms with van der Waals surface area (Å²) >= 11 is 0. The summed E-state index contributed by atoms with van der Waals surface area (Å²) in [5.41, 5.74) is 11.9. The van der Waals surface area contributed by atoms with E-state index in [0.29, 0.717) is 6.61 Å². The van der Waals surface area contributed by atoms with Crippen molar-refractivity contribution >= 4 is 11.7 Å². The number of nitrogens with zero attached hydrogens (tertiary/aromatic N) is 2. The van der Waals surface area contributed by atoms with E-state index in [2.05, 4.69) is 5.10 Å². The summed E-state index contributed by atoms with van der Waals surface area (Å²) in [5, 5.41) is 4.03. The fourth-order valence-electron chi connectivity index (χ4n) is 1.60. The molecule has 6 nitrogen and oxygen atoms in total. The Morgan fingerprint density at radius 3 is 2.56 bits per heavy atom. The lowest BCUT2D eigenvalue weighted by Gasteiger charge is -2.06. The number of hydrogen-bond donors (Lipinski definition) is 2. The maximum atomic E-state index is 11.1. The van der Waals surface area contributed by atoms with Gasteiger partial charge in [0.15, 0.2) is 0 Å². The van der Waals surface area contributed by atoms with E-state index in [0.717, 1.165) is 11.4 Å².